The second kappa shape index (κ2) is 4.57. The molecular weight excluding hydrogens is 240 g/mol. The van der Waals surface area contributed by atoms with Crippen LogP contribution in [0.4, 0.5) is 5.69 Å². The van der Waals surface area contributed by atoms with Crippen molar-refractivity contribution in [3.05, 3.63) is 76.0 Å². The van der Waals surface area contributed by atoms with Gasteiger partial charge in [-0.05, 0) is 35.1 Å². The molecule has 0 fully saturated rings. The molecule has 94 valence electrons. The van der Waals surface area contributed by atoms with Gasteiger partial charge in [-0.3, -0.25) is 10.1 Å². The number of nitro benzene ring substituents is 1. The van der Waals surface area contributed by atoms with Crippen molar-refractivity contribution in [3.8, 4) is 0 Å². The van der Waals surface area contributed by atoms with Crippen molar-refractivity contribution in [2.45, 2.75) is 6.42 Å². The summed E-state index contributed by atoms with van der Waals surface area (Å²) in [5, 5.41) is 11.9. The fourth-order valence-electron chi connectivity index (χ4n) is 2.22. The highest BCUT2D eigenvalue weighted by Crippen LogP contribution is 2.19. The number of rotatable bonds is 3. The average Bonchev–Trinajstić information content (AvgIpc) is 2.86. The second-order valence-electron chi connectivity index (χ2n) is 4.50. The Morgan fingerprint density at radius 1 is 1.05 bits per heavy atom. The molecule has 3 rings (SSSR count). The Hall–Kier alpha value is -2.62. The van der Waals surface area contributed by atoms with Crippen LogP contribution < -0.4 is 0 Å². The first-order valence-electron chi connectivity index (χ1n) is 6.02. The van der Waals surface area contributed by atoms with Gasteiger partial charge in [0.2, 0.25) is 0 Å². The maximum absolute atomic E-state index is 10.7. The van der Waals surface area contributed by atoms with Gasteiger partial charge in [0.1, 0.15) is 0 Å². The van der Waals surface area contributed by atoms with Crippen LogP contribution in [0.25, 0.3) is 10.9 Å². The van der Waals surface area contributed by atoms with Crippen LogP contribution in [0.15, 0.2) is 54.7 Å². The minimum atomic E-state index is -0.363. The molecule has 0 aliphatic heterocycles. The van der Waals surface area contributed by atoms with Crippen molar-refractivity contribution in [2.75, 3.05) is 0 Å². The third kappa shape index (κ3) is 2.33. The van der Waals surface area contributed by atoms with Gasteiger partial charge in [0.15, 0.2) is 0 Å². The molecule has 3 aromatic rings. The minimum Gasteiger partial charge on any atom is -0.361 e. The molecule has 19 heavy (non-hydrogen) atoms. The summed E-state index contributed by atoms with van der Waals surface area (Å²) in [7, 11) is 0. The first-order valence-corrected chi connectivity index (χ1v) is 6.02. The number of nitro groups is 1. The van der Waals surface area contributed by atoms with Crippen LogP contribution in [-0.2, 0) is 6.42 Å². The number of aromatic amines is 1. The van der Waals surface area contributed by atoms with E-state index < -0.39 is 0 Å². The number of hydrogen-bond acceptors (Lipinski definition) is 2. The van der Waals surface area contributed by atoms with Gasteiger partial charge < -0.3 is 4.98 Å². The lowest BCUT2D eigenvalue weighted by atomic mass is 10.0. The van der Waals surface area contributed by atoms with Crippen LogP contribution in [0.3, 0.4) is 0 Å². The van der Waals surface area contributed by atoms with Gasteiger partial charge in [0, 0.05) is 23.8 Å². The smallest absolute Gasteiger partial charge is 0.269 e. The van der Waals surface area contributed by atoms with Crippen LogP contribution in [0.5, 0.6) is 0 Å². The zero-order valence-electron chi connectivity index (χ0n) is 10.2. The highest BCUT2D eigenvalue weighted by Gasteiger charge is 2.06. The molecule has 4 nitrogen and oxygen atoms in total. The van der Waals surface area contributed by atoms with E-state index in [9.17, 15) is 10.1 Å². The summed E-state index contributed by atoms with van der Waals surface area (Å²) in [5.41, 5.74) is 3.30. The first-order chi connectivity index (χ1) is 9.22. The molecular formula is C15H12N2O2. The van der Waals surface area contributed by atoms with Gasteiger partial charge in [0.05, 0.1) is 4.92 Å². The maximum atomic E-state index is 10.7. The number of H-pyrrole nitrogens is 1. The van der Waals surface area contributed by atoms with E-state index in [0.717, 1.165) is 16.6 Å². The lowest BCUT2D eigenvalue weighted by Crippen LogP contribution is -1.92. The molecule has 0 aliphatic rings. The van der Waals surface area contributed by atoms with Crippen molar-refractivity contribution in [2.24, 2.45) is 0 Å². The van der Waals surface area contributed by atoms with Gasteiger partial charge in [-0.2, -0.15) is 0 Å². The first kappa shape index (κ1) is 11.5. The summed E-state index contributed by atoms with van der Waals surface area (Å²) in [5.74, 6) is 0. The van der Waals surface area contributed by atoms with E-state index in [4.69, 9.17) is 0 Å². The molecule has 1 N–H and O–H groups in total. The highest BCUT2D eigenvalue weighted by atomic mass is 16.6. The zero-order chi connectivity index (χ0) is 13.2. The third-order valence-corrected chi connectivity index (χ3v) is 3.15. The van der Waals surface area contributed by atoms with Crippen molar-refractivity contribution < 1.29 is 4.92 Å². The quantitative estimate of drug-likeness (QED) is 0.571. The molecule has 0 aliphatic carbocycles. The maximum Gasteiger partial charge on any atom is 0.269 e. The van der Waals surface area contributed by atoms with Gasteiger partial charge in [-0.15, -0.1) is 0 Å². The summed E-state index contributed by atoms with van der Waals surface area (Å²) >= 11 is 0. The van der Waals surface area contributed by atoms with E-state index in [1.807, 2.05) is 18.3 Å². The highest BCUT2D eigenvalue weighted by molar-refractivity contribution is 5.79. The fourth-order valence-corrected chi connectivity index (χ4v) is 2.22. The molecule has 0 amide bonds. The number of benzene rings is 2. The largest absolute Gasteiger partial charge is 0.361 e. The van der Waals surface area contributed by atoms with Gasteiger partial charge in [0.25, 0.3) is 5.69 Å². The topological polar surface area (TPSA) is 58.9 Å². The van der Waals surface area contributed by atoms with E-state index in [0.29, 0.717) is 6.42 Å². The number of fused-ring (bicyclic) bond motifs is 1. The number of nitrogens with zero attached hydrogens (tertiary/aromatic N) is 1. The Bertz CT molecular complexity index is 746. The number of nitrogens with one attached hydrogen (secondary N) is 1. The van der Waals surface area contributed by atoms with E-state index in [1.54, 1.807) is 12.1 Å². The molecule has 0 saturated heterocycles. The Morgan fingerprint density at radius 2 is 1.89 bits per heavy atom. The second-order valence-corrected chi connectivity index (χ2v) is 4.50. The Morgan fingerprint density at radius 3 is 2.74 bits per heavy atom. The molecule has 0 atom stereocenters. The van der Waals surface area contributed by atoms with E-state index in [-0.39, 0.29) is 10.6 Å². The summed E-state index contributed by atoms with van der Waals surface area (Å²) in [4.78, 5) is 13.5. The average molecular weight is 252 g/mol. The molecule has 0 spiro atoms. The van der Waals surface area contributed by atoms with E-state index in [1.165, 1.54) is 11.5 Å². The third-order valence-electron chi connectivity index (χ3n) is 3.15. The summed E-state index contributed by atoms with van der Waals surface area (Å²) in [6.45, 7) is 0. The van der Waals surface area contributed by atoms with Gasteiger partial charge in [-0.1, -0.05) is 24.3 Å². The number of hydrogen-bond donors (Lipinski definition) is 1. The molecule has 4 heteroatoms. The van der Waals surface area contributed by atoms with Crippen LogP contribution in [0, 0.1) is 10.1 Å². The molecule has 0 bridgehead atoms. The Labute approximate surface area is 109 Å². The van der Waals surface area contributed by atoms with Crippen molar-refractivity contribution in [1.82, 2.24) is 4.98 Å². The van der Waals surface area contributed by atoms with Crippen LogP contribution in [0.2, 0.25) is 0 Å². The monoisotopic (exact) mass is 252 g/mol. The molecule has 1 aromatic heterocycles. The van der Waals surface area contributed by atoms with Crippen LogP contribution in [0.1, 0.15) is 11.1 Å². The lowest BCUT2D eigenvalue weighted by Gasteiger charge is -2.02. The van der Waals surface area contributed by atoms with Gasteiger partial charge >= 0.3 is 0 Å². The normalized spacial score (nSPS) is 10.7. The standard InChI is InChI=1S/C15H12N2O2/c18-17(19)14-3-1-2-11(9-14)8-12-4-5-13-6-7-16-15(13)10-12/h1-7,9-10,16H,8H2. The van der Waals surface area contributed by atoms with Crippen LogP contribution in [-0.4, -0.2) is 9.91 Å². The Kier molecular flexibility index (Phi) is 2.76. The molecule has 2 aromatic carbocycles. The zero-order valence-corrected chi connectivity index (χ0v) is 10.2. The lowest BCUT2D eigenvalue weighted by molar-refractivity contribution is -0.384. The minimum absolute atomic E-state index is 0.137. The van der Waals surface area contributed by atoms with E-state index >= 15 is 0 Å². The fraction of sp³-hybridized carbons (Fsp3) is 0.0667. The number of non-ortho nitro benzene ring substituents is 1. The SMILES string of the molecule is O=[N+]([O-])c1cccc(Cc2ccc3cc[nH]c3c2)c1. The predicted octanol–water partition coefficient (Wildman–Crippen LogP) is 3.67. The molecule has 0 unspecified atom stereocenters. The predicted molar refractivity (Wildman–Crippen MR) is 74.2 cm³/mol. The summed E-state index contributed by atoms with van der Waals surface area (Å²) in [6, 6.07) is 15.0. The van der Waals surface area contributed by atoms with Crippen molar-refractivity contribution in [1.29, 1.82) is 0 Å². The van der Waals surface area contributed by atoms with Crippen LogP contribution >= 0.6 is 0 Å². The molecule has 0 saturated carbocycles. The van der Waals surface area contributed by atoms with E-state index in [2.05, 4.69) is 23.2 Å². The Balaban J connectivity index is 1.91. The molecule has 0 radical (unpaired) electrons. The number of aromatic nitrogens is 1. The van der Waals surface area contributed by atoms with Crippen molar-refractivity contribution >= 4 is 16.6 Å². The summed E-state index contributed by atoms with van der Waals surface area (Å²) in [6.07, 6.45) is 2.60. The van der Waals surface area contributed by atoms with Gasteiger partial charge in [-0.25, -0.2) is 0 Å². The molecule has 1 heterocycles. The summed E-state index contributed by atoms with van der Waals surface area (Å²) < 4.78 is 0. The van der Waals surface area contributed by atoms with Crippen molar-refractivity contribution in [3.63, 3.8) is 0 Å².